The Morgan fingerprint density at radius 3 is 2.71 bits per heavy atom. The molecule has 0 bridgehead atoms. The van der Waals surface area contributed by atoms with Crippen LogP contribution in [0.2, 0.25) is 0 Å². The summed E-state index contributed by atoms with van der Waals surface area (Å²) in [5.41, 5.74) is -1.35. The van der Waals surface area contributed by atoms with Crippen molar-refractivity contribution in [3.8, 4) is 0 Å². The van der Waals surface area contributed by atoms with Crippen molar-refractivity contribution >= 4 is 27.8 Å². The first-order valence-electron chi connectivity index (χ1n) is 4.92. The van der Waals surface area contributed by atoms with Crippen LogP contribution in [0.5, 0.6) is 0 Å². The topological polar surface area (TPSA) is 88.8 Å². The lowest BCUT2D eigenvalue weighted by atomic mass is 9.99. The Kier molecular flexibility index (Phi) is 3.21. The zero-order chi connectivity index (χ0) is 12.5. The standard InChI is InChI=1S/C10H10BrNO5/c11-7-2-1-6(17-7)8(13)12-10(9(14)15)3-4-16-5-10/h1-2H,3-5H2,(H,12,13)(H,14,15). The summed E-state index contributed by atoms with van der Waals surface area (Å²) in [7, 11) is 0. The minimum Gasteiger partial charge on any atom is -0.479 e. The van der Waals surface area contributed by atoms with E-state index in [9.17, 15) is 9.59 Å². The lowest BCUT2D eigenvalue weighted by molar-refractivity contribution is -0.144. The van der Waals surface area contributed by atoms with E-state index in [0.717, 1.165) is 0 Å². The highest BCUT2D eigenvalue weighted by Crippen LogP contribution is 2.21. The molecule has 7 heteroatoms. The van der Waals surface area contributed by atoms with Crippen LogP contribution in [-0.2, 0) is 9.53 Å². The smallest absolute Gasteiger partial charge is 0.331 e. The molecule has 1 fully saturated rings. The summed E-state index contributed by atoms with van der Waals surface area (Å²) in [6.07, 6.45) is 0.246. The fourth-order valence-corrected chi connectivity index (χ4v) is 1.91. The van der Waals surface area contributed by atoms with Crippen LogP contribution < -0.4 is 5.32 Å². The van der Waals surface area contributed by atoms with Gasteiger partial charge in [-0.15, -0.1) is 0 Å². The first-order chi connectivity index (χ1) is 8.03. The molecular formula is C10H10BrNO5. The monoisotopic (exact) mass is 303 g/mol. The van der Waals surface area contributed by atoms with Crippen molar-refractivity contribution in [2.45, 2.75) is 12.0 Å². The van der Waals surface area contributed by atoms with Crippen molar-refractivity contribution in [2.24, 2.45) is 0 Å². The molecule has 1 saturated heterocycles. The maximum atomic E-state index is 11.8. The molecule has 0 radical (unpaired) electrons. The molecular weight excluding hydrogens is 294 g/mol. The minimum absolute atomic E-state index is 0.0318. The van der Waals surface area contributed by atoms with Crippen molar-refractivity contribution < 1.29 is 23.8 Å². The molecule has 1 aromatic heterocycles. The van der Waals surface area contributed by atoms with Gasteiger partial charge in [-0.3, -0.25) is 4.79 Å². The number of carbonyl (C=O) groups excluding carboxylic acids is 1. The van der Waals surface area contributed by atoms with E-state index >= 15 is 0 Å². The van der Waals surface area contributed by atoms with Gasteiger partial charge in [-0.25, -0.2) is 4.79 Å². The molecule has 2 rings (SSSR count). The van der Waals surface area contributed by atoms with Gasteiger partial charge in [0, 0.05) is 13.0 Å². The molecule has 92 valence electrons. The highest BCUT2D eigenvalue weighted by Gasteiger charge is 2.44. The van der Waals surface area contributed by atoms with Gasteiger partial charge in [0.15, 0.2) is 16.0 Å². The summed E-state index contributed by atoms with van der Waals surface area (Å²) in [5, 5.41) is 11.6. The average molecular weight is 304 g/mol. The Balaban J connectivity index is 2.14. The van der Waals surface area contributed by atoms with E-state index in [2.05, 4.69) is 21.2 Å². The Morgan fingerprint density at radius 2 is 2.24 bits per heavy atom. The summed E-state index contributed by atoms with van der Waals surface area (Å²) in [6, 6.07) is 3.03. The summed E-state index contributed by atoms with van der Waals surface area (Å²) >= 11 is 3.07. The summed E-state index contributed by atoms with van der Waals surface area (Å²) in [4.78, 5) is 22.9. The van der Waals surface area contributed by atoms with Crippen LogP contribution >= 0.6 is 15.9 Å². The van der Waals surface area contributed by atoms with E-state index in [0.29, 0.717) is 11.3 Å². The van der Waals surface area contributed by atoms with Crippen LogP contribution in [0.4, 0.5) is 0 Å². The van der Waals surface area contributed by atoms with Crippen LogP contribution in [-0.4, -0.2) is 35.7 Å². The average Bonchev–Trinajstić information content (AvgIpc) is 2.87. The molecule has 1 aromatic rings. The zero-order valence-corrected chi connectivity index (χ0v) is 10.3. The minimum atomic E-state index is -1.35. The second-order valence-electron chi connectivity index (χ2n) is 3.75. The molecule has 1 unspecified atom stereocenters. The first-order valence-corrected chi connectivity index (χ1v) is 5.72. The van der Waals surface area contributed by atoms with E-state index in [1.165, 1.54) is 6.07 Å². The molecule has 6 nitrogen and oxygen atoms in total. The Labute approximate surface area is 105 Å². The van der Waals surface area contributed by atoms with Gasteiger partial charge in [0.1, 0.15) is 0 Å². The van der Waals surface area contributed by atoms with Crippen LogP contribution in [0.3, 0.4) is 0 Å². The normalized spacial score (nSPS) is 23.6. The quantitative estimate of drug-likeness (QED) is 0.870. The molecule has 1 aliphatic heterocycles. The number of hydrogen-bond acceptors (Lipinski definition) is 4. The highest BCUT2D eigenvalue weighted by atomic mass is 79.9. The number of amides is 1. The number of carboxylic acids is 1. The number of carbonyl (C=O) groups is 2. The summed E-state index contributed by atoms with van der Waals surface area (Å²) < 4.78 is 10.5. The van der Waals surface area contributed by atoms with Gasteiger partial charge < -0.3 is 19.6 Å². The number of furan rings is 1. The molecule has 0 spiro atoms. The molecule has 1 amide bonds. The molecule has 0 aliphatic carbocycles. The third-order valence-electron chi connectivity index (χ3n) is 2.58. The van der Waals surface area contributed by atoms with Crippen molar-refractivity contribution in [2.75, 3.05) is 13.2 Å². The molecule has 17 heavy (non-hydrogen) atoms. The fourth-order valence-electron chi connectivity index (χ4n) is 1.60. The van der Waals surface area contributed by atoms with Crippen molar-refractivity contribution in [1.82, 2.24) is 5.32 Å². The predicted molar refractivity (Wildman–Crippen MR) is 59.7 cm³/mol. The van der Waals surface area contributed by atoms with E-state index in [1.54, 1.807) is 6.07 Å². The Morgan fingerprint density at radius 1 is 1.47 bits per heavy atom. The van der Waals surface area contributed by atoms with E-state index in [-0.39, 0.29) is 18.8 Å². The van der Waals surface area contributed by atoms with Gasteiger partial charge in [-0.2, -0.15) is 0 Å². The van der Waals surface area contributed by atoms with Crippen molar-refractivity contribution in [3.63, 3.8) is 0 Å². The van der Waals surface area contributed by atoms with Crippen LogP contribution in [0.1, 0.15) is 17.0 Å². The van der Waals surface area contributed by atoms with Crippen LogP contribution in [0.15, 0.2) is 21.2 Å². The van der Waals surface area contributed by atoms with Gasteiger partial charge in [-0.05, 0) is 28.1 Å². The molecule has 1 atom stereocenters. The number of ether oxygens (including phenoxy) is 1. The Bertz CT molecular complexity index is 449. The van der Waals surface area contributed by atoms with Gasteiger partial charge in [-0.1, -0.05) is 0 Å². The first kappa shape index (κ1) is 12.1. The largest absolute Gasteiger partial charge is 0.479 e. The molecule has 2 heterocycles. The predicted octanol–water partition coefficient (Wildman–Crippen LogP) is 1.02. The second-order valence-corrected chi connectivity index (χ2v) is 4.53. The zero-order valence-electron chi connectivity index (χ0n) is 8.73. The molecule has 0 saturated carbocycles. The third-order valence-corrected chi connectivity index (χ3v) is 3.01. The van der Waals surface area contributed by atoms with Crippen molar-refractivity contribution in [3.05, 3.63) is 22.6 Å². The van der Waals surface area contributed by atoms with Gasteiger partial charge in [0.2, 0.25) is 0 Å². The van der Waals surface area contributed by atoms with Gasteiger partial charge in [0.25, 0.3) is 5.91 Å². The van der Waals surface area contributed by atoms with Crippen molar-refractivity contribution in [1.29, 1.82) is 0 Å². The van der Waals surface area contributed by atoms with E-state index in [1.807, 2.05) is 0 Å². The summed E-state index contributed by atoms with van der Waals surface area (Å²) in [6.45, 7) is 0.282. The molecule has 1 aliphatic rings. The lowest BCUT2D eigenvalue weighted by Crippen LogP contribution is -2.55. The van der Waals surface area contributed by atoms with Gasteiger partial charge >= 0.3 is 5.97 Å². The maximum absolute atomic E-state index is 11.8. The lowest BCUT2D eigenvalue weighted by Gasteiger charge is -2.22. The number of halogens is 1. The summed E-state index contributed by atoms with van der Waals surface area (Å²) in [5.74, 6) is -1.61. The van der Waals surface area contributed by atoms with Gasteiger partial charge in [0.05, 0.1) is 6.61 Å². The molecule has 2 N–H and O–H groups in total. The van der Waals surface area contributed by atoms with E-state index in [4.69, 9.17) is 14.3 Å². The van der Waals surface area contributed by atoms with Crippen LogP contribution in [0.25, 0.3) is 0 Å². The van der Waals surface area contributed by atoms with E-state index < -0.39 is 17.4 Å². The number of rotatable bonds is 3. The number of nitrogens with one attached hydrogen (secondary N) is 1. The SMILES string of the molecule is O=C(NC1(C(=O)O)CCOC1)c1ccc(Br)o1. The Hall–Kier alpha value is -1.34. The van der Waals surface area contributed by atoms with Crippen LogP contribution in [0, 0.1) is 0 Å². The second kappa shape index (κ2) is 4.50. The number of carboxylic acid groups (broad SMARTS) is 1. The number of hydrogen-bond donors (Lipinski definition) is 2. The molecule has 0 aromatic carbocycles. The maximum Gasteiger partial charge on any atom is 0.331 e. The fraction of sp³-hybridized carbons (Fsp3) is 0.400. The number of aliphatic carboxylic acids is 1. The highest BCUT2D eigenvalue weighted by molar-refractivity contribution is 9.10. The third kappa shape index (κ3) is 2.34.